The minimum absolute atomic E-state index is 0.248. The molecule has 0 aromatic carbocycles. The van der Waals surface area contributed by atoms with Gasteiger partial charge in [-0.2, -0.15) is 0 Å². The highest BCUT2D eigenvalue weighted by Crippen LogP contribution is 2.28. The molecule has 0 unspecified atom stereocenters. The van der Waals surface area contributed by atoms with Crippen molar-refractivity contribution in [1.29, 1.82) is 0 Å². The van der Waals surface area contributed by atoms with Gasteiger partial charge in [-0.1, -0.05) is 0 Å². The Morgan fingerprint density at radius 2 is 2.29 bits per heavy atom. The molecule has 0 bridgehead atoms. The summed E-state index contributed by atoms with van der Waals surface area (Å²) in [7, 11) is 2.01. The minimum atomic E-state index is -0.248. The first-order chi connectivity index (χ1) is 6.68. The molecule has 2 heterocycles. The van der Waals surface area contributed by atoms with Crippen LogP contribution in [-0.2, 0) is 0 Å². The minimum Gasteiger partial charge on any atom is -0.363 e. The molecule has 1 aliphatic rings. The Labute approximate surface area is 86.8 Å². The average molecular weight is 210 g/mol. The summed E-state index contributed by atoms with van der Waals surface area (Å²) in [6.45, 7) is 1.68. The molecule has 1 aromatic heterocycles. The highest BCUT2D eigenvalue weighted by atomic mass is 32.2. The van der Waals surface area contributed by atoms with Crippen LogP contribution in [0.1, 0.15) is 11.4 Å². The van der Waals surface area contributed by atoms with E-state index < -0.39 is 0 Å². The van der Waals surface area contributed by atoms with Gasteiger partial charge in [0.15, 0.2) is 0 Å². The smallest absolute Gasteiger partial charge is 0.144 e. The predicted molar refractivity (Wildman–Crippen MR) is 57.1 cm³/mol. The SMILES string of the molecule is Cc1nc(C2=CSCN2C)ccc1F. The van der Waals surface area contributed by atoms with E-state index in [9.17, 15) is 4.39 Å². The van der Waals surface area contributed by atoms with Crippen LogP contribution in [-0.4, -0.2) is 22.8 Å². The molecule has 2 rings (SSSR count). The molecule has 14 heavy (non-hydrogen) atoms. The molecule has 0 saturated carbocycles. The standard InChI is InChI=1S/C10H11FN2S/c1-7-8(11)3-4-9(12-7)10-5-14-6-13(10)2/h3-5H,6H2,1-2H3. The van der Waals surface area contributed by atoms with Crippen LogP contribution in [0.2, 0.25) is 0 Å². The van der Waals surface area contributed by atoms with Crippen molar-refractivity contribution in [3.05, 3.63) is 34.7 Å². The Hall–Kier alpha value is -1.03. The molecule has 0 N–H and O–H groups in total. The van der Waals surface area contributed by atoms with Gasteiger partial charge in [0.1, 0.15) is 5.82 Å². The van der Waals surface area contributed by atoms with Crippen molar-refractivity contribution >= 4 is 17.5 Å². The second-order valence-corrected chi connectivity index (χ2v) is 4.09. The number of thioether (sulfide) groups is 1. The fourth-order valence-corrected chi connectivity index (χ4v) is 2.23. The van der Waals surface area contributed by atoms with Crippen molar-refractivity contribution in [3.8, 4) is 0 Å². The van der Waals surface area contributed by atoms with E-state index in [0.717, 1.165) is 17.3 Å². The fraction of sp³-hybridized carbons (Fsp3) is 0.300. The summed E-state index contributed by atoms with van der Waals surface area (Å²) in [5.74, 6) is 0.690. The van der Waals surface area contributed by atoms with Crippen molar-refractivity contribution in [2.45, 2.75) is 6.92 Å². The third-order valence-corrected chi connectivity index (χ3v) is 3.08. The van der Waals surface area contributed by atoms with Crippen molar-refractivity contribution in [1.82, 2.24) is 9.88 Å². The molecular formula is C10H11FN2S. The van der Waals surface area contributed by atoms with Crippen molar-refractivity contribution in [3.63, 3.8) is 0 Å². The highest BCUT2D eigenvalue weighted by molar-refractivity contribution is 8.02. The number of halogens is 1. The zero-order chi connectivity index (χ0) is 10.1. The van der Waals surface area contributed by atoms with Gasteiger partial charge in [-0.15, -0.1) is 11.8 Å². The van der Waals surface area contributed by atoms with E-state index in [-0.39, 0.29) is 5.82 Å². The van der Waals surface area contributed by atoms with Gasteiger partial charge in [-0.05, 0) is 24.5 Å². The normalized spacial score (nSPS) is 15.9. The molecule has 1 aliphatic heterocycles. The Bertz CT molecular complexity index is 390. The molecule has 2 nitrogen and oxygen atoms in total. The van der Waals surface area contributed by atoms with Gasteiger partial charge >= 0.3 is 0 Å². The molecule has 74 valence electrons. The summed E-state index contributed by atoms with van der Waals surface area (Å²) in [6, 6.07) is 3.19. The Morgan fingerprint density at radius 1 is 1.50 bits per heavy atom. The molecule has 0 atom stereocenters. The average Bonchev–Trinajstić information content (AvgIpc) is 2.57. The van der Waals surface area contributed by atoms with Crippen molar-refractivity contribution in [2.24, 2.45) is 0 Å². The van der Waals surface area contributed by atoms with Crippen LogP contribution in [0.25, 0.3) is 5.70 Å². The van der Waals surface area contributed by atoms with Crippen LogP contribution in [0.15, 0.2) is 17.5 Å². The molecular weight excluding hydrogens is 199 g/mol. The number of pyridine rings is 1. The maximum absolute atomic E-state index is 13.0. The molecule has 1 aromatic rings. The zero-order valence-electron chi connectivity index (χ0n) is 8.12. The van der Waals surface area contributed by atoms with Crippen LogP contribution in [0.3, 0.4) is 0 Å². The van der Waals surface area contributed by atoms with Gasteiger partial charge in [0, 0.05) is 7.05 Å². The number of hydrogen-bond donors (Lipinski definition) is 0. The number of rotatable bonds is 1. The van der Waals surface area contributed by atoms with Crippen LogP contribution >= 0.6 is 11.8 Å². The van der Waals surface area contributed by atoms with Gasteiger partial charge in [0.05, 0.1) is 23.0 Å². The van der Waals surface area contributed by atoms with E-state index in [0.29, 0.717) is 5.69 Å². The third-order valence-electron chi connectivity index (χ3n) is 2.16. The molecule has 0 radical (unpaired) electrons. The van der Waals surface area contributed by atoms with E-state index in [1.165, 1.54) is 6.07 Å². The summed E-state index contributed by atoms with van der Waals surface area (Å²) in [4.78, 5) is 6.31. The first-order valence-electron chi connectivity index (χ1n) is 4.35. The zero-order valence-corrected chi connectivity index (χ0v) is 8.94. The summed E-state index contributed by atoms with van der Waals surface area (Å²) in [6.07, 6.45) is 0. The van der Waals surface area contributed by atoms with E-state index in [1.54, 1.807) is 24.8 Å². The number of nitrogens with zero attached hydrogens (tertiary/aromatic N) is 2. The third kappa shape index (κ3) is 1.62. The molecule has 4 heteroatoms. The van der Waals surface area contributed by atoms with E-state index >= 15 is 0 Å². The monoisotopic (exact) mass is 210 g/mol. The van der Waals surface area contributed by atoms with E-state index in [2.05, 4.69) is 15.3 Å². The highest BCUT2D eigenvalue weighted by Gasteiger charge is 2.14. The number of aryl methyl sites for hydroxylation is 1. The maximum atomic E-state index is 13.0. The van der Waals surface area contributed by atoms with E-state index in [4.69, 9.17) is 0 Å². The second kappa shape index (κ2) is 3.61. The summed E-state index contributed by atoms with van der Waals surface area (Å²) < 4.78 is 13.0. The first-order valence-corrected chi connectivity index (χ1v) is 5.40. The number of aromatic nitrogens is 1. The summed E-state index contributed by atoms with van der Waals surface area (Å²) in [5.41, 5.74) is 2.36. The topological polar surface area (TPSA) is 16.1 Å². The van der Waals surface area contributed by atoms with Crippen LogP contribution in [0, 0.1) is 12.7 Å². The van der Waals surface area contributed by atoms with Crippen molar-refractivity contribution in [2.75, 3.05) is 12.9 Å². The first kappa shape index (κ1) is 9.52. The van der Waals surface area contributed by atoms with Crippen LogP contribution in [0.5, 0.6) is 0 Å². The maximum Gasteiger partial charge on any atom is 0.144 e. The lowest BCUT2D eigenvalue weighted by Gasteiger charge is -2.14. The second-order valence-electron chi connectivity index (χ2n) is 3.26. The Balaban J connectivity index is 2.37. The summed E-state index contributed by atoms with van der Waals surface area (Å²) in [5, 5.41) is 2.06. The lowest BCUT2D eigenvalue weighted by Crippen LogP contribution is -2.12. The van der Waals surface area contributed by atoms with Gasteiger partial charge in [-0.3, -0.25) is 0 Å². The Kier molecular flexibility index (Phi) is 2.46. The fourth-order valence-electron chi connectivity index (χ4n) is 1.33. The van der Waals surface area contributed by atoms with Crippen molar-refractivity contribution < 1.29 is 4.39 Å². The number of hydrogen-bond acceptors (Lipinski definition) is 3. The molecule has 0 spiro atoms. The molecule has 0 aliphatic carbocycles. The van der Waals surface area contributed by atoms with Gasteiger partial charge in [-0.25, -0.2) is 9.37 Å². The van der Waals surface area contributed by atoms with Gasteiger partial charge < -0.3 is 4.90 Å². The van der Waals surface area contributed by atoms with Gasteiger partial charge in [0.25, 0.3) is 0 Å². The predicted octanol–water partition coefficient (Wildman–Crippen LogP) is 2.46. The van der Waals surface area contributed by atoms with Crippen LogP contribution < -0.4 is 0 Å². The quantitative estimate of drug-likeness (QED) is 0.708. The molecule has 0 saturated heterocycles. The lowest BCUT2D eigenvalue weighted by atomic mass is 10.2. The largest absolute Gasteiger partial charge is 0.363 e. The Morgan fingerprint density at radius 3 is 2.86 bits per heavy atom. The van der Waals surface area contributed by atoms with Gasteiger partial charge in [0.2, 0.25) is 0 Å². The molecule has 0 fully saturated rings. The summed E-state index contributed by atoms with van der Waals surface area (Å²) >= 11 is 1.73. The molecule has 0 amide bonds. The lowest BCUT2D eigenvalue weighted by molar-refractivity contribution is 0.572. The van der Waals surface area contributed by atoms with E-state index in [1.807, 2.05) is 7.05 Å². The van der Waals surface area contributed by atoms with Crippen LogP contribution in [0.4, 0.5) is 4.39 Å².